The largest absolute Gasteiger partial charge is 0.497 e. The average Bonchev–Trinajstić information content (AvgIpc) is 3.09. The number of nitrogens with zero attached hydrogens (tertiary/aromatic N) is 1. The fourth-order valence-corrected chi connectivity index (χ4v) is 3.28. The Morgan fingerprint density at radius 2 is 1.73 bits per heavy atom. The lowest BCUT2D eigenvalue weighted by atomic mass is 9.94. The second kappa shape index (κ2) is 6.27. The first-order chi connectivity index (χ1) is 10.7. The molecule has 0 saturated carbocycles. The van der Waals surface area contributed by atoms with E-state index in [9.17, 15) is 0 Å². The fourth-order valence-electron chi connectivity index (χ4n) is 3.28. The Balaban J connectivity index is 2.14. The van der Waals surface area contributed by atoms with Gasteiger partial charge in [-0.25, -0.2) is 0 Å². The maximum absolute atomic E-state index is 5.28. The smallest absolute Gasteiger partial charge is 0.118 e. The lowest BCUT2D eigenvalue weighted by Crippen LogP contribution is -2.19. The van der Waals surface area contributed by atoms with E-state index in [1.54, 1.807) is 7.11 Å². The van der Waals surface area contributed by atoms with Gasteiger partial charge >= 0.3 is 0 Å². The molecule has 0 aromatic heterocycles. The van der Waals surface area contributed by atoms with Crippen LogP contribution in [0.3, 0.4) is 0 Å². The van der Waals surface area contributed by atoms with Gasteiger partial charge < -0.3 is 9.64 Å². The first-order valence-corrected chi connectivity index (χ1v) is 7.90. The Morgan fingerprint density at radius 1 is 1.05 bits per heavy atom. The minimum atomic E-state index is 0.893. The van der Waals surface area contributed by atoms with Gasteiger partial charge in [-0.05, 0) is 54.7 Å². The van der Waals surface area contributed by atoms with Crippen LogP contribution in [-0.2, 0) is 0 Å². The number of rotatable bonds is 4. The van der Waals surface area contributed by atoms with Crippen LogP contribution in [0, 0.1) is 6.92 Å². The van der Waals surface area contributed by atoms with Crippen molar-refractivity contribution in [2.24, 2.45) is 0 Å². The van der Waals surface area contributed by atoms with Crippen molar-refractivity contribution in [2.75, 3.05) is 25.1 Å². The van der Waals surface area contributed by atoms with Crippen LogP contribution >= 0.6 is 0 Å². The van der Waals surface area contributed by atoms with Gasteiger partial charge in [-0.15, -0.1) is 0 Å². The highest BCUT2D eigenvalue weighted by atomic mass is 16.5. The number of methoxy groups -OCH3 is 1. The topological polar surface area (TPSA) is 12.5 Å². The summed E-state index contributed by atoms with van der Waals surface area (Å²) in [6.07, 6.45) is 4.50. The molecule has 1 fully saturated rings. The van der Waals surface area contributed by atoms with Gasteiger partial charge in [0.05, 0.1) is 7.11 Å². The molecule has 3 rings (SSSR count). The van der Waals surface area contributed by atoms with Crippen molar-refractivity contribution < 1.29 is 4.74 Å². The fraction of sp³-hybridized carbons (Fsp3) is 0.300. The van der Waals surface area contributed by atoms with Crippen LogP contribution in [-0.4, -0.2) is 20.2 Å². The lowest BCUT2D eigenvalue weighted by molar-refractivity contribution is 0.415. The van der Waals surface area contributed by atoms with E-state index in [-0.39, 0.29) is 0 Å². The van der Waals surface area contributed by atoms with Gasteiger partial charge in [-0.3, -0.25) is 0 Å². The monoisotopic (exact) mass is 293 g/mol. The zero-order valence-corrected chi connectivity index (χ0v) is 13.4. The normalized spacial score (nSPS) is 14.2. The van der Waals surface area contributed by atoms with Gasteiger partial charge in [0.25, 0.3) is 0 Å². The molecule has 1 aliphatic heterocycles. The molecule has 0 bridgehead atoms. The first-order valence-electron chi connectivity index (χ1n) is 7.90. The number of anilines is 1. The van der Waals surface area contributed by atoms with Gasteiger partial charge in [0.1, 0.15) is 5.75 Å². The molecule has 1 aliphatic rings. The summed E-state index contributed by atoms with van der Waals surface area (Å²) in [6, 6.07) is 12.8. The van der Waals surface area contributed by atoms with E-state index in [2.05, 4.69) is 42.7 Å². The molecular weight excluding hydrogens is 270 g/mol. The Hall–Kier alpha value is -2.22. The summed E-state index contributed by atoms with van der Waals surface area (Å²) in [5.74, 6) is 0.893. The Morgan fingerprint density at radius 3 is 2.32 bits per heavy atom. The third-order valence-electron chi connectivity index (χ3n) is 4.53. The minimum Gasteiger partial charge on any atom is -0.497 e. The van der Waals surface area contributed by atoms with Gasteiger partial charge in [-0.1, -0.05) is 30.9 Å². The lowest BCUT2D eigenvalue weighted by Gasteiger charge is -2.24. The zero-order chi connectivity index (χ0) is 15.5. The molecule has 2 nitrogen and oxygen atoms in total. The summed E-state index contributed by atoms with van der Waals surface area (Å²) in [5.41, 5.74) is 6.40. The van der Waals surface area contributed by atoms with Crippen LogP contribution in [0.4, 0.5) is 5.69 Å². The highest BCUT2D eigenvalue weighted by Crippen LogP contribution is 2.38. The third-order valence-corrected chi connectivity index (χ3v) is 4.53. The summed E-state index contributed by atoms with van der Waals surface area (Å²) >= 11 is 0. The summed E-state index contributed by atoms with van der Waals surface area (Å²) in [7, 11) is 1.70. The summed E-state index contributed by atoms with van der Waals surface area (Å²) < 4.78 is 5.28. The molecule has 0 atom stereocenters. The average molecular weight is 293 g/mol. The Labute approximate surface area is 133 Å². The van der Waals surface area contributed by atoms with Crippen LogP contribution in [0.5, 0.6) is 5.75 Å². The van der Waals surface area contributed by atoms with Gasteiger partial charge in [0, 0.05) is 24.3 Å². The molecule has 22 heavy (non-hydrogen) atoms. The van der Waals surface area contributed by atoms with Gasteiger partial charge in [0.2, 0.25) is 0 Å². The van der Waals surface area contributed by atoms with E-state index in [0.29, 0.717) is 0 Å². The predicted octanol–water partition coefficient (Wildman–Crippen LogP) is 4.91. The van der Waals surface area contributed by atoms with Crippen LogP contribution in [0.1, 0.15) is 24.0 Å². The molecular formula is C20H23NO. The SMILES string of the molecule is C=Cc1ccc(N2CCCC2)c(-c2ccc(OC)cc2)c1C. The van der Waals surface area contributed by atoms with Crippen molar-refractivity contribution in [3.8, 4) is 16.9 Å². The number of hydrogen-bond donors (Lipinski definition) is 0. The summed E-state index contributed by atoms with van der Waals surface area (Å²) in [4.78, 5) is 2.50. The molecule has 0 spiro atoms. The second-order valence-corrected chi connectivity index (χ2v) is 5.80. The van der Waals surface area contributed by atoms with Crippen molar-refractivity contribution in [2.45, 2.75) is 19.8 Å². The van der Waals surface area contributed by atoms with Crippen LogP contribution in [0.25, 0.3) is 17.2 Å². The number of ether oxygens (including phenoxy) is 1. The van der Waals surface area contributed by atoms with Crippen LogP contribution < -0.4 is 9.64 Å². The van der Waals surface area contributed by atoms with E-state index < -0.39 is 0 Å². The van der Waals surface area contributed by atoms with Gasteiger partial charge in [-0.2, -0.15) is 0 Å². The summed E-state index contributed by atoms with van der Waals surface area (Å²) in [5, 5.41) is 0. The van der Waals surface area contributed by atoms with Crippen molar-refractivity contribution in [3.63, 3.8) is 0 Å². The van der Waals surface area contributed by atoms with Crippen LogP contribution in [0.15, 0.2) is 43.0 Å². The van der Waals surface area contributed by atoms with Gasteiger partial charge in [0.15, 0.2) is 0 Å². The Bertz CT molecular complexity index is 667. The van der Waals surface area contributed by atoms with Crippen molar-refractivity contribution in [1.29, 1.82) is 0 Å². The van der Waals surface area contributed by atoms with E-state index in [4.69, 9.17) is 4.74 Å². The Kier molecular flexibility index (Phi) is 4.19. The zero-order valence-electron chi connectivity index (χ0n) is 13.4. The number of benzene rings is 2. The standard InChI is InChI=1S/C20H23NO/c1-4-16-9-12-19(21-13-5-6-14-21)20(15(16)2)17-7-10-18(22-3)11-8-17/h4,7-12H,1,5-6,13-14H2,2-3H3. The van der Waals surface area contributed by atoms with E-state index in [0.717, 1.165) is 18.8 Å². The van der Waals surface area contributed by atoms with Crippen LogP contribution in [0.2, 0.25) is 0 Å². The predicted molar refractivity (Wildman–Crippen MR) is 94.7 cm³/mol. The molecule has 1 saturated heterocycles. The molecule has 0 amide bonds. The molecule has 2 heteroatoms. The van der Waals surface area contributed by atoms with E-state index in [1.807, 2.05) is 18.2 Å². The maximum Gasteiger partial charge on any atom is 0.118 e. The molecule has 0 radical (unpaired) electrons. The summed E-state index contributed by atoms with van der Waals surface area (Å²) in [6.45, 7) is 8.44. The quantitative estimate of drug-likeness (QED) is 0.794. The molecule has 2 aromatic rings. The van der Waals surface area contributed by atoms with E-state index >= 15 is 0 Å². The molecule has 0 unspecified atom stereocenters. The van der Waals surface area contributed by atoms with Crippen molar-refractivity contribution in [3.05, 3.63) is 54.1 Å². The van der Waals surface area contributed by atoms with E-state index in [1.165, 1.54) is 40.8 Å². The minimum absolute atomic E-state index is 0.893. The highest BCUT2D eigenvalue weighted by molar-refractivity contribution is 5.84. The molecule has 2 aromatic carbocycles. The first kappa shape index (κ1) is 14.7. The second-order valence-electron chi connectivity index (χ2n) is 5.80. The molecule has 114 valence electrons. The number of hydrogen-bond acceptors (Lipinski definition) is 2. The highest BCUT2D eigenvalue weighted by Gasteiger charge is 2.19. The van der Waals surface area contributed by atoms with Crippen molar-refractivity contribution >= 4 is 11.8 Å². The molecule has 0 aliphatic carbocycles. The van der Waals surface area contributed by atoms with Crippen molar-refractivity contribution in [1.82, 2.24) is 0 Å². The molecule has 1 heterocycles. The maximum atomic E-state index is 5.28. The third kappa shape index (κ3) is 2.61. The molecule has 0 N–H and O–H groups in total.